The first-order valence-corrected chi connectivity index (χ1v) is 6.62. The number of carbonyl (C=O) groups excluding carboxylic acids is 1. The van der Waals surface area contributed by atoms with Crippen LogP contribution in [0, 0.1) is 11.6 Å². The normalized spacial score (nSPS) is 25.7. The SMILES string of the molecule is O=C(c1cc(F)c(F)cc1Cl)N1CC2CCC(C1)N2. The molecule has 2 atom stereocenters. The Hall–Kier alpha value is -1.20. The van der Waals surface area contributed by atoms with E-state index in [1.807, 2.05) is 0 Å². The number of rotatable bonds is 1. The minimum Gasteiger partial charge on any atom is -0.335 e. The minimum atomic E-state index is -1.05. The van der Waals surface area contributed by atoms with Gasteiger partial charge >= 0.3 is 0 Å². The van der Waals surface area contributed by atoms with Gasteiger partial charge in [0.15, 0.2) is 11.6 Å². The predicted octanol–water partition coefficient (Wildman–Crippen LogP) is 2.19. The molecule has 3 nitrogen and oxygen atoms in total. The van der Waals surface area contributed by atoms with Gasteiger partial charge in [-0.3, -0.25) is 4.79 Å². The van der Waals surface area contributed by atoms with E-state index in [1.54, 1.807) is 4.90 Å². The highest BCUT2D eigenvalue weighted by Crippen LogP contribution is 2.25. The first kappa shape index (κ1) is 12.8. The van der Waals surface area contributed by atoms with Gasteiger partial charge in [0.05, 0.1) is 10.6 Å². The number of carbonyl (C=O) groups is 1. The zero-order chi connectivity index (χ0) is 13.6. The Bertz CT molecular complexity index is 526. The Balaban J connectivity index is 1.86. The maximum atomic E-state index is 13.2. The van der Waals surface area contributed by atoms with Gasteiger partial charge in [-0.2, -0.15) is 0 Å². The lowest BCUT2D eigenvalue weighted by Gasteiger charge is -2.33. The molecule has 0 aromatic heterocycles. The van der Waals surface area contributed by atoms with Crippen LogP contribution in [-0.2, 0) is 0 Å². The Labute approximate surface area is 114 Å². The summed E-state index contributed by atoms with van der Waals surface area (Å²) in [5.41, 5.74) is 0.0295. The van der Waals surface area contributed by atoms with Crippen LogP contribution in [-0.4, -0.2) is 36.0 Å². The summed E-state index contributed by atoms with van der Waals surface area (Å²) in [4.78, 5) is 14.0. The van der Waals surface area contributed by atoms with Gasteiger partial charge in [0.2, 0.25) is 0 Å². The fourth-order valence-electron chi connectivity index (χ4n) is 2.82. The molecule has 2 aliphatic heterocycles. The van der Waals surface area contributed by atoms with Gasteiger partial charge < -0.3 is 10.2 Å². The van der Waals surface area contributed by atoms with Gasteiger partial charge in [0.25, 0.3) is 5.91 Å². The number of hydrogen-bond acceptors (Lipinski definition) is 2. The van der Waals surface area contributed by atoms with Crippen LogP contribution in [0.4, 0.5) is 8.78 Å². The number of piperazine rings is 1. The summed E-state index contributed by atoms with van der Waals surface area (Å²) in [6.45, 7) is 1.18. The van der Waals surface area contributed by atoms with Gasteiger partial charge in [-0.1, -0.05) is 11.6 Å². The largest absolute Gasteiger partial charge is 0.335 e. The van der Waals surface area contributed by atoms with Crippen molar-refractivity contribution in [3.05, 3.63) is 34.4 Å². The third-order valence-corrected chi connectivity index (χ3v) is 4.06. The molecule has 0 radical (unpaired) electrons. The number of likely N-dealkylation sites (tertiary alicyclic amines) is 1. The van der Waals surface area contributed by atoms with Gasteiger partial charge in [0.1, 0.15) is 0 Å². The van der Waals surface area contributed by atoms with E-state index in [9.17, 15) is 13.6 Å². The van der Waals surface area contributed by atoms with E-state index in [1.165, 1.54) is 0 Å². The molecule has 0 spiro atoms. The lowest BCUT2D eigenvalue weighted by molar-refractivity contribution is 0.0697. The van der Waals surface area contributed by atoms with E-state index in [2.05, 4.69) is 5.32 Å². The van der Waals surface area contributed by atoms with Crippen LogP contribution < -0.4 is 5.32 Å². The Morgan fingerprint density at radius 1 is 1.21 bits per heavy atom. The van der Waals surface area contributed by atoms with Crippen LogP contribution in [0.5, 0.6) is 0 Å². The van der Waals surface area contributed by atoms with Gasteiger partial charge in [-0.25, -0.2) is 8.78 Å². The summed E-state index contributed by atoms with van der Waals surface area (Å²) in [7, 11) is 0. The average molecular weight is 287 g/mol. The molecule has 2 bridgehead atoms. The van der Waals surface area contributed by atoms with Crippen molar-refractivity contribution in [2.45, 2.75) is 24.9 Å². The van der Waals surface area contributed by atoms with E-state index in [0.717, 1.165) is 25.0 Å². The molecule has 0 aliphatic carbocycles. The molecule has 1 aromatic carbocycles. The van der Waals surface area contributed by atoms with Crippen molar-refractivity contribution >= 4 is 17.5 Å². The zero-order valence-corrected chi connectivity index (χ0v) is 10.9. The van der Waals surface area contributed by atoms with E-state index < -0.39 is 11.6 Å². The lowest BCUT2D eigenvalue weighted by atomic mass is 10.1. The monoisotopic (exact) mass is 286 g/mol. The Morgan fingerprint density at radius 3 is 2.42 bits per heavy atom. The van der Waals surface area contributed by atoms with Crippen molar-refractivity contribution in [2.75, 3.05) is 13.1 Å². The topological polar surface area (TPSA) is 32.3 Å². The first-order chi connectivity index (χ1) is 9.04. The second kappa shape index (κ2) is 4.72. The van der Waals surface area contributed by atoms with Crippen molar-refractivity contribution in [1.82, 2.24) is 10.2 Å². The van der Waals surface area contributed by atoms with Crippen LogP contribution in [0.2, 0.25) is 5.02 Å². The van der Waals surface area contributed by atoms with Crippen LogP contribution in [0.1, 0.15) is 23.2 Å². The van der Waals surface area contributed by atoms with E-state index >= 15 is 0 Å². The molecule has 1 aromatic rings. The average Bonchev–Trinajstić information content (AvgIpc) is 2.72. The fraction of sp³-hybridized carbons (Fsp3) is 0.462. The van der Waals surface area contributed by atoms with Crippen molar-refractivity contribution in [2.24, 2.45) is 0 Å². The highest BCUT2D eigenvalue weighted by Gasteiger charge is 2.35. The Morgan fingerprint density at radius 2 is 1.79 bits per heavy atom. The van der Waals surface area contributed by atoms with Gasteiger partial charge in [0, 0.05) is 25.2 Å². The van der Waals surface area contributed by atoms with Crippen LogP contribution in [0.15, 0.2) is 12.1 Å². The summed E-state index contributed by atoms with van der Waals surface area (Å²) >= 11 is 5.83. The third-order valence-electron chi connectivity index (χ3n) is 3.74. The lowest BCUT2D eigenvalue weighted by Crippen LogP contribution is -2.53. The van der Waals surface area contributed by atoms with Gasteiger partial charge in [-0.15, -0.1) is 0 Å². The van der Waals surface area contributed by atoms with E-state index in [0.29, 0.717) is 25.2 Å². The molecule has 19 heavy (non-hydrogen) atoms. The summed E-state index contributed by atoms with van der Waals surface area (Å²) in [5, 5.41) is 3.35. The minimum absolute atomic E-state index is 0.0295. The number of nitrogens with zero attached hydrogens (tertiary/aromatic N) is 1. The Kier molecular flexibility index (Phi) is 3.19. The molecule has 2 fully saturated rings. The number of hydrogen-bond donors (Lipinski definition) is 1. The molecule has 2 saturated heterocycles. The molecule has 102 valence electrons. The molecule has 6 heteroatoms. The number of amides is 1. The number of benzene rings is 1. The van der Waals surface area contributed by atoms with Gasteiger partial charge in [-0.05, 0) is 25.0 Å². The molecule has 1 N–H and O–H groups in total. The second-order valence-corrected chi connectivity index (χ2v) is 5.50. The molecule has 2 heterocycles. The summed E-state index contributed by atoms with van der Waals surface area (Å²) in [6, 6.07) is 2.32. The highest BCUT2D eigenvalue weighted by atomic mass is 35.5. The molecule has 0 saturated carbocycles. The summed E-state index contributed by atoms with van der Waals surface area (Å²) in [6.07, 6.45) is 2.08. The second-order valence-electron chi connectivity index (χ2n) is 5.09. The number of halogens is 3. The third kappa shape index (κ3) is 2.32. The van der Waals surface area contributed by atoms with Crippen LogP contribution in [0.25, 0.3) is 0 Å². The van der Waals surface area contributed by atoms with Crippen LogP contribution >= 0.6 is 11.6 Å². The molecule has 2 aliphatic rings. The van der Waals surface area contributed by atoms with Crippen molar-refractivity contribution in [3.63, 3.8) is 0 Å². The summed E-state index contributed by atoms with van der Waals surface area (Å²) < 4.78 is 26.2. The van der Waals surface area contributed by atoms with Crippen molar-refractivity contribution in [1.29, 1.82) is 0 Å². The molecular weight excluding hydrogens is 274 g/mol. The maximum absolute atomic E-state index is 13.2. The molecular formula is C13H13ClF2N2O. The zero-order valence-electron chi connectivity index (χ0n) is 10.1. The molecule has 2 unspecified atom stereocenters. The number of fused-ring (bicyclic) bond motifs is 2. The number of nitrogens with one attached hydrogen (secondary N) is 1. The van der Waals surface area contributed by atoms with Crippen molar-refractivity contribution in [3.8, 4) is 0 Å². The smallest absolute Gasteiger partial charge is 0.255 e. The van der Waals surface area contributed by atoms with Crippen molar-refractivity contribution < 1.29 is 13.6 Å². The van der Waals surface area contributed by atoms with E-state index in [4.69, 9.17) is 11.6 Å². The first-order valence-electron chi connectivity index (χ1n) is 6.24. The van der Waals surface area contributed by atoms with Crippen LogP contribution in [0.3, 0.4) is 0 Å². The quantitative estimate of drug-likeness (QED) is 0.803. The standard InChI is InChI=1S/C13H13ClF2N2O/c14-10-4-12(16)11(15)3-9(10)13(19)18-5-7-1-2-8(6-18)17-7/h3-4,7-8,17H,1-2,5-6H2. The van der Waals surface area contributed by atoms with E-state index in [-0.39, 0.29) is 16.5 Å². The summed E-state index contributed by atoms with van der Waals surface area (Å²) in [5.74, 6) is -2.42. The fourth-order valence-corrected chi connectivity index (χ4v) is 3.05. The maximum Gasteiger partial charge on any atom is 0.255 e. The molecule has 1 amide bonds. The molecule has 3 rings (SSSR count). The predicted molar refractivity (Wildman–Crippen MR) is 67.2 cm³/mol. The highest BCUT2D eigenvalue weighted by molar-refractivity contribution is 6.33.